The van der Waals surface area contributed by atoms with Gasteiger partial charge in [-0.25, -0.2) is 0 Å². The molecule has 0 aliphatic heterocycles. The van der Waals surface area contributed by atoms with Crippen molar-refractivity contribution in [3.63, 3.8) is 0 Å². The number of rotatable bonds is 11. The van der Waals surface area contributed by atoms with Crippen LogP contribution < -0.4 is 0 Å². The van der Waals surface area contributed by atoms with Crippen LogP contribution >= 0.6 is 0 Å². The normalized spacial score (nSPS) is 15.0. The molecule has 0 aliphatic carbocycles. The van der Waals surface area contributed by atoms with E-state index in [9.17, 15) is 0 Å². The molecule has 0 aromatic heterocycles. The zero-order chi connectivity index (χ0) is 12.2. The standard InChI is InChI=1S/C16H33/c1-5-7-9-10-11-13-16(4)14-15(3)12-8-6-2/h14-16H,5-13H2,1-4H3. The Balaban J connectivity index is 3.32. The maximum Gasteiger partial charge on any atom is -0.0329 e. The van der Waals surface area contributed by atoms with Gasteiger partial charge in [0.05, 0.1) is 0 Å². The van der Waals surface area contributed by atoms with Crippen molar-refractivity contribution in [1.82, 2.24) is 0 Å². The summed E-state index contributed by atoms with van der Waals surface area (Å²) in [5, 5.41) is 0. The van der Waals surface area contributed by atoms with Crippen molar-refractivity contribution in [1.29, 1.82) is 0 Å². The first kappa shape index (κ1) is 16.0. The summed E-state index contributed by atoms with van der Waals surface area (Å²) in [4.78, 5) is 0. The summed E-state index contributed by atoms with van der Waals surface area (Å²) < 4.78 is 0. The summed E-state index contributed by atoms with van der Waals surface area (Å²) in [6.07, 6.45) is 15.2. The van der Waals surface area contributed by atoms with Crippen LogP contribution in [0.3, 0.4) is 0 Å². The summed E-state index contributed by atoms with van der Waals surface area (Å²) in [5.74, 6) is 1.65. The molecule has 0 heterocycles. The molecule has 0 aliphatic rings. The van der Waals surface area contributed by atoms with Gasteiger partial charge in [0.25, 0.3) is 0 Å². The summed E-state index contributed by atoms with van der Waals surface area (Å²) in [6, 6.07) is 0. The molecule has 0 bridgehead atoms. The Labute approximate surface area is 104 Å². The zero-order valence-electron chi connectivity index (χ0n) is 12.1. The lowest BCUT2D eigenvalue weighted by Crippen LogP contribution is -2.04. The maximum absolute atomic E-state index is 2.58. The highest BCUT2D eigenvalue weighted by atomic mass is 14.1. The van der Waals surface area contributed by atoms with Crippen molar-refractivity contribution in [3.05, 3.63) is 6.42 Å². The second-order valence-electron chi connectivity index (χ2n) is 5.49. The van der Waals surface area contributed by atoms with Crippen LogP contribution in [0.4, 0.5) is 0 Å². The Kier molecular flexibility index (Phi) is 11.5. The molecule has 2 atom stereocenters. The molecule has 0 aromatic rings. The fourth-order valence-electron chi connectivity index (χ4n) is 2.35. The molecule has 2 unspecified atom stereocenters. The molecule has 0 aromatic carbocycles. The second kappa shape index (κ2) is 11.5. The molecule has 16 heavy (non-hydrogen) atoms. The van der Waals surface area contributed by atoms with Gasteiger partial charge in [0.2, 0.25) is 0 Å². The lowest BCUT2D eigenvalue weighted by atomic mass is 9.90. The van der Waals surface area contributed by atoms with E-state index in [0.29, 0.717) is 0 Å². The number of hydrogen-bond donors (Lipinski definition) is 0. The Morgan fingerprint density at radius 1 is 0.688 bits per heavy atom. The van der Waals surface area contributed by atoms with E-state index in [1.165, 1.54) is 57.8 Å². The molecule has 0 spiro atoms. The highest BCUT2D eigenvalue weighted by molar-refractivity contribution is 4.78. The molecule has 1 radical (unpaired) electrons. The predicted molar refractivity (Wildman–Crippen MR) is 75.5 cm³/mol. The molecule has 97 valence electrons. The third-order valence-corrected chi connectivity index (χ3v) is 3.43. The number of hydrogen-bond acceptors (Lipinski definition) is 0. The van der Waals surface area contributed by atoms with Crippen molar-refractivity contribution in [2.24, 2.45) is 11.8 Å². The molecular formula is C16H33. The Bertz CT molecular complexity index is 128. The molecule has 0 saturated carbocycles. The molecule has 0 saturated heterocycles. The summed E-state index contributed by atoms with van der Waals surface area (Å²) in [6.45, 7) is 9.33. The van der Waals surface area contributed by atoms with Crippen molar-refractivity contribution < 1.29 is 0 Å². The van der Waals surface area contributed by atoms with Crippen LogP contribution in [0.5, 0.6) is 0 Å². The van der Waals surface area contributed by atoms with E-state index in [4.69, 9.17) is 0 Å². The third kappa shape index (κ3) is 10.5. The largest absolute Gasteiger partial charge is 0.0654 e. The first-order chi connectivity index (χ1) is 7.70. The fraction of sp³-hybridized carbons (Fsp3) is 0.938. The van der Waals surface area contributed by atoms with Gasteiger partial charge < -0.3 is 0 Å². The average molecular weight is 225 g/mol. The number of unbranched alkanes of at least 4 members (excludes halogenated alkanes) is 5. The van der Waals surface area contributed by atoms with E-state index in [1.54, 1.807) is 0 Å². The van der Waals surface area contributed by atoms with E-state index >= 15 is 0 Å². The van der Waals surface area contributed by atoms with Crippen LogP contribution in [-0.4, -0.2) is 0 Å². The lowest BCUT2D eigenvalue weighted by Gasteiger charge is -2.16. The lowest BCUT2D eigenvalue weighted by molar-refractivity contribution is 0.457. The highest BCUT2D eigenvalue weighted by Crippen LogP contribution is 2.21. The molecule has 0 amide bonds. The minimum atomic E-state index is 0.825. The van der Waals surface area contributed by atoms with Gasteiger partial charge in [0.1, 0.15) is 0 Å². The summed E-state index contributed by atoms with van der Waals surface area (Å²) in [7, 11) is 0. The molecular weight excluding hydrogens is 192 g/mol. The predicted octanol–water partition coefficient (Wildman–Crippen LogP) is 6.01. The molecule has 0 nitrogen and oxygen atoms in total. The molecule has 0 rings (SSSR count). The minimum Gasteiger partial charge on any atom is -0.0654 e. The smallest absolute Gasteiger partial charge is 0.0329 e. The summed E-state index contributed by atoms with van der Waals surface area (Å²) in [5.41, 5.74) is 0. The van der Waals surface area contributed by atoms with Crippen LogP contribution in [0, 0.1) is 18.3 Å². The average Bonchev–Trinajstić information content (AvgIpc) is 2.26. The van der Waals surface area contributed by atoms with Gasteiger partial charge in [-0.1, -0.05) is 85.5 Å². The van der Waals surface area contributed by atoms with Crippen LogP contribution in [0.1, 0.15) is 85.5 Å². The zero-order valence-corrected chi connectivity index (χ0v) is 12.1. The van der Waals surface area contributed by atoms with Gasteiger partial charge in [-0.2, -0.15) is 0 Å². The molecule has 0 N–H and O–H groups in total. The van der Waals surface area contributed by atoms with E-state index in [0.717, 1.165) is 11.8 Å². The van der Waals surface area contributed by atoms with Crippen LogP contribution in [0.2, 0.25) is 0 Å². The maximum atomic E-state index is 2.58. The molecule has 0 fully saturated rings. The van der Waals surface area contributed by atoms with Gasteiger partial charge in [0.15, 0.2) is 0 Å². The monoisotopic (exact) mass is 225 g/mol. The van der Waals surface area contributed by atoms with Crippen LogP contribution in [0.15, 0.2) is 0 Å². The SMILES string of the molecule is CCCCCCCC(C)[CH]C(C)CCCC. The topological polar surface area (TPSA) is 0 Å². The van der Waals surface area contributed by atoms with Gasteiger partial charge in [-0.05, 0) is 18.3 Å². The fourth-order valence-corrected chi connectivity index (χ4v) is 2.35. The quantitative estimate of drug-likeness (QED) is 0.377. The van der Waals surface area contributed by atoms with Gasteiger partial charge >= 0.3 is 0 Å². The van der Waals surface area contributed by atoms with Crippen LogP contribution in [-0.2, 0) is 0 Å². The van der Waals surface area contributed by atoms with Crippen LogP contribution in [0.25, 0.3) is 0 Å². The molecule has 0 heteroatoms. The van der Waals surface area contributed by atoms with E-state index < -0.39 is 0 Å². The van der Waals surface area contributed by atoms with Gasteiger partial charge in [-0.3, -0.25) is 0 Å². The van der Waals surface area contributed by atoms with E-state index in [1.807, 2.05) is 0 Å². The Hall–Kier alpha value is 0. The Morgan fingerprint density at radius 2 is 1.19 bits per heavy atom. The first-order valence-electron chi connectivity index (χ1n) is 7.55. The van der Waals surface area contributed by atoms with E-state index in [2.05, 4.69) is 34.1 Å². The first-order valence-corrected chi connectivity index (χ1v) is 7.55. The second-order valence-corrected chi connectivity index (χ2v) is 5.49. The van der Waals surface area contributed by atoms with Crippen molar-refractivity contribution in [3.8, 4) is 0 Å². The summed E-state index contributed by atoms with van der Waals surface area (Å²) >= 11 is 0. The van der Waals surface area contributed by atoms with Crippen molar-refractivity contribution in [2.45, 2.75) is 85.5 Å². The van der Waals surface area contributed by atoms with Gasteiger partial charge in [0, 0.05) is 0 Å². The van der Waals surface area contributed by atoms with Gasteiger partial charge in [-0.15, -0.1) is 0 Å². The third-order valence-electron chi connectivity index (χ3n) is 3.43. The van der Waals surface area contributed by atoms with Crippen molar-refractivity contribution >= 4 is 0 Å². The van der Waals surface area contributed by atoms with Crippen molar-refractivity contribution in [2.75, 3.05) is 0 Å². The Morgan fingerprint density at radius 3 is 1.75 bits per heavy atom. The highest BCUT2D eigenvalue weighted by Gasteiger charge is 2.08. The minimum absolute atomic E-state index is 0.825. The van der Waals surface area contributed by atoms with E-state index in [-0.39, 0.29) is 0 Å².